The zero-order chi connectivity index (χ0) is 13.6. The summed E-state index contributed by atoms with van der Waals surface area (Å²) in [6.45, 7) is 0. The smallest absolute Gasteiger partial charge is 0.353 e. The second kappa shape index (κ2) is 4.78. The van der Waals surface area contributed by atoms with Gasteiger partial charge in [0.25, 0.3) is 0 Å². The molecule has 1 amide bonds. The van der Waals surface area contributed by atoms with E-state index in [-0.39, 0.29) is 17.0 Å². The minimum atomic E-state index is -1.14. The van der Waals surface area contributed by atoms with Crippen LogP contribution in [0.3, 0.4) is 0 Å². The Labute approximate surface area is 120 Å². The highest BCUT2D eigenvalue weighted by atomic mass is 32.2. The molecule has 3 rings (SSSR count). The van der Waals surface area contributed by atoms with Gasteiger partial charge in [-0.05, 0) is 0 Å². The van der Waals surface area contributed by atoms with Gasteiger partial charge in [0.1, 0.15) is 11.2 Å². The summed E-state index contributed by atoms with van der Waals surface area (Å²) in [5.41, 5.74) is 7.53. The molecule has 1 fully saturated rings. The number of hydrogen-bond donors (Lipinski definition) is 2. The lowest BCUT2D eigenvalue weighted by atomic mass is 10.1. The van der Waals surface area contributed by atoms with Crippen molar-refractivity contribution in [2.75, 3.05) is 0 Å². The van der Waals surface area contributed by atoms with Crippen molar-refractivity contribution in [1.29, 1.82) is 0 Å². The number of carbonyl (C=O) groups is 2. The number of carboxylic acids is 1. The molecule has 19 heavy (non-hydrogen) atoms. The van der Waals surface area contributed by atoms with Crippen molar-refractivity contribution in [3.63, 3.8) is 0 Å². The second-order valence-corrected chi connectivity index (χ2v) is 7.25. The van der Waals surface area contributed by atoms with Crippen LogP contribution in [-0.2, 0) is 9.59 Å². The topological polar surface area (TPSA) is 109 Å². The molecule has 3 N–H and O–H groups in total. The number of β-lactam (4-membered cyclic amide) rings is 1. The first-order valence-corrected chi connectivity index (χ1v) is 7.86. The highest BCUT2D eigenvalue weighted by Crippen LogP contribution is 2.47. The second-order valence-electron chi connectivity index (χ2n) is 3.80. The minimum absolute atomic E-state index is 0.0206. The molecule has 100 valence electrons. The molecule has 1 unspecified atom stereocenters. The summed E-state index contributed by atoms with van der Waals surface area (Å²) in [6.07, 6.45) is 0.339. The number of nitrogens with two attached hydrogens (primary N) is 1. The zero-order valence-electron chi connectivity index (χ0n) is 9.35. The number of carbonyl (C=O) groups excluding carboxylic acids is 1. The molecule has 0 radical (unpaired) electrons. The van der Waals surface area contributed by atoms with Gasteiger partial charge in [-0.2, -0.15) is 0 Å². The van der Waals surface area contributed by atoms with Gasteiger partial charge in [0.2, 0.25) is 5.91 Å². The first kappa shape index (κ1) is 12.9. The van der Waals surface area contributed by atoms with E-state index in [9.17, 15) is 14.7 Å². The van der Waals surface area contributed by atoms with Crippen molar-refractivity contribution in [3.8, 4) is 0 Å². The number of aromatic nitrogens is 2. The van der Waals surface area contributed by atoms with Crippen LogP contribution in [0, 0.1) is 0 Å². The van der Waals surface area contributed by atoms with E-state index >= 15 is 0 Å². The Hall–Kier alpha value is -1.10. The summed E-state index contributed by atoms with van der Waals surface area (Å²) < 4.78 is 0.608. The van der Waals surface area contributed by atoms with E-state index in [4.69, 9.17) is 5.73 Å². The molecule has 0 bridgehead atoms. The molecule has 0 aliphatic carbocycles. The Morgan fingerprint density at radius 2 is 2.42 bits per heavy atom. The number of carboxylic acid groups (broad SMARTS) is 1. The van der Waals surface area contributed by atoms with E-state index < -0.39 is 11.3 Å². The quantitative estimate of drug-likeness (QED) is 0.777. The number of amides is 1. The van der Waals surface area contributed by atoms with Crippen LogP contribution < -0.4 is 5.73 Å². The van der Waals surface area contributed by atoms with Gasteiger partial charge >= 0.3 is 5.97 Å². The first-order chi connectivity index (χ1) is 9.08. The first-order valence-electron chi connectivity index (χ1n) is 5.22. The Bertz CT molecular complexity index is 573. The highest BCUT2D eigenvalue weighted by Gasteiger charge is 2.48. The zero-order valence-corrected chi connectivity index (χ0v) is 11.8. The third-order valence-corrected chi connectivity index (χ3v) is 6.00. The number of thioether (sulfide) groups is 2. The van der Waals surface area contributed by atoms with Crippen molar-refractivity contribution >= 4 is 46.7 Å². The number of rotatable bonds is 3. The third-order valence-electron chi connectivity index (χ3n) is 2.68. The fourth-order valence-electron chi connectivity index (χ4n) is 1.87. The lowest BCUT2D eigenvalue weighted by Gasteiger charge is -2.45. The molecule has 0 spiro atoms. The molecule has 2 atom stereocenters. The van der Waals surface area contributed by atoms with Gasteiger partial charge in [0.05, 0.1) is 22.1 Å². The fourth-order valence-corrected chi connectivity index (χ4v) is 4.88. The van der Waals surface area contributed by atoms with Crippen LogP contribution in [0.1, 0.15) is 6.42 Å². The number of hydrogen-bond acceptors (Lipinski definition) is 8. The Balaban J connectivity index is 2.01. The largest absolute Gasteiger partial charge is 0.477 e. The molecule has 0 saturated carbocycles. The van der Waals surface area contributed by atoms with Crippen molar-refractivity contribution in [1.82, 2.24) is 15.1 Å². The van der Waals surface area contributed by atoms with Gasteiger partial charge in [-0.15, -0.1) is 22.0 Å². The number of aliphatic carboxylic acids is 1. The van der Waals surface area contributed by atoms with Crippen molar-refractivity contribution in [2.45, 2.75) is 21.5 Å². The summed E-state index contributed by atoms with van der Waals surface area (Å²) >= 11 is 3.85. The maximum Gasteiger partial charge on any atom is 0.353 e. The SMILES string of the molecule is NC1S[C@@H]2CC(=O)N2C(C(=O)O)=C1Sc1nncs1. The van der Waals surface area contributed by atoms with Gasteiger partial charge in [0, 0.05) is 0 Å². The van der Waals surface area contributed by atoms with Gasteiger partial charge in [-0.25, -0.2) is 4.79 Å². The molecular formula is C9H8N4O3S3. The summed E-state index contributed by atoms with van der Waals surface area (Å²) in [7, 11) is 0. The monoisotopic (exact) mass is 316 g/mol. The van der Waals surface area contributed by atoms with Gasteiger partial charge < -0.3 is 10.8 Å². The molecule has 2 aliphatic heterocycles. The highest BCUT2D eigenvalue weighted by molar-refractivity contribution is 8.07. The van der Waals surface area contributed by atoms with Crippen LogP contribution in [0.25, 0.3) is 0 Å². The summed E-state index contributed by atoms with van der Waals surface area (Å²) in [5.74, 6) is -1.32. The van der Waals surface area contributed by atoms with E-state index in [0.29, 0.717) is 15.7 Å². The standard InChI is InChI=1S/C9H8N4O3S3/c10-7-6(19-9-12-11-2-17-9)5(8(15)16)13-3(14)1-4(13)18-7/h2,4,7H,1,10H2,(H,15,16)/t4-,7?/m1/s1. The van der Waals surface area contributed by atoms with Crippen LogP contribution >= 0.6 is 34.9 Å². The number of nitrogens with zero attached hydrogens (tertiary/aromatic N) is 3. The van der Waals surface area contributed by atoms with Crippen LogP contribution in [-0.4, -0.2) is 42.8 Å². The fraction of sp³-hybridized carbons (Fsp3) is 0.333. The third kappa shape index (κ3) is 2.14. The van der Waals surface area contributed by atoms with E-state index in [0.717, 1.165) is 11.8 Å². The predicted octanol–water partition coefficient (Wildman–Crippen LogP) is 0.516. The average molecular weight is 316 g/mol. The maximum absolute atomic E-state index is 11.6. The van der Waals surface area contributed by atoms with Gasteiger partial charge in [-0.3, -0.25) is 9.69 Å². The van der Waals surface area contributed by atoms with Crippen molar-refractivity contribution in [3.05, 3.63) is 16.1 Å². The molecule has 2 aliphatic rings. The molecule has 10 heteroatoms. The lowest BCUT2D eigenvalue weighted by Crippen LogP contribution is -2.56. The summed E-state index contributed by atoms with van der Waals surface area (Å²) in [4.78, 5) is 24.7. The molecule has 1 saturated heterocycles. The minimum Gasteiger partial charge on any atom is -0.477 e. The molecular weight excluding hydrogens is 308 g/mol. The number of fused-ring (bicyclic) bond motifs is 1. The summed E-state index contributed by atoms with van der Waals surface area (Å²) in [5, 5.41) is 16.3. The predicted molar refractivity (Wildman–Crippen MR) is 71.2 cm³/mol. The summed E-state index contributed by atoms with van der Waals surface area (Å²) in [6, 6.07) is 0. The van der Waals surface area contributed by atoms with E-state index in [1.54, 1.807) is 5.51 Å². The van der Waals surface area contributed by atoms with E-state index in [1.165, 1.54) is 28.0 Å². The van der Waals surface area contributed by atoms with Gasteiger partial charge in [-0.1, -0.05) is 23.1 Å². The Kier molecular flexibility index (Phi) is 3.25. The molecule has 0 aromatic carbocycles. The lowest BCUT2D eigenvalue weighted by molar-refractivity contribution is -0.146. The van der Waals surface area contributed by atoms with Crippen LogP contribution in [0.4, 0.5) is 0 Å². The molecule has 1 aromatic heterocycles. The maximum atomic E-state index is 11.6. The van der Waals surface area contributed by atoms with Crippen molar-refractivity contribution < 1.29 is 14.7 Å². The molecule has 3 heterocycles. The van der Waals surface area contributed by atoms with Crippen LogP contribution in [0.2, 0.25) is 0 Å². The van der Waals surface area contributed by atoms with Crippen LogP contribution in [0.5, 0.6) is 0 Å². The van der Waals surface area contributed by atoms with Gasteiger partial charge in [0.15, 0.2) is 4.34 Å². The Morgan fingerprint density at radius 3 is 3.00 bits per heavy atom. The van der Waals surface area contributed by atoms with E-state index in [2.05, 4.69) is 10.2 Å². The van der Waals surface area contributed by atoms with Crippen molar-refractivity contribution in [2.24, 2.45) is 5.73 Å². The normalized spacial score (nSPS) is 26.2. The van der Waals surface area contributed by atoms with Crippen LogP contribution in [0.15, 0.2) is 20.5 Å². The Morgan fingerprint density at radius 1 is 1.63 bits per heavy atom. The average Bonchev–Trinajstić information content (AvgIpc) is 2.84. The molecule has 7 nitrogen and oxygen atoms in total. The van der Waals surface area contributed by atoms with E-state index in [1.807, 2.05) is 0 Å². The molecule has 1 aromatic rings.